The van der Waals surface area contributed by atoms with Crippen LogP contribution >= 0.6 is 0 Å². The van der Waals surface area contributed by atoms with Gasteiger partial charge in [-0.05, 0) is 43.3 Å². The fourth-order valence-electron chi connectivity index (χ4n) is 2.39. The predicted molar refractivity (Wildman–Crippen MR) is 107 cm³/mol. The average molecular weight is 384 g/mol. The summed E-state index contributed by atoms with van der Waals surface area (Å²) < 4.78 is 26.1. The van der Waals surface area contributed by atoms with Gasteiger partial charge in [0, 0.05) is 23.2 Å². The van der Waals surface area contributed by atoms with Gasteiger partial charge < -0.3 is 11.5 Å². The zero-order chi connectivity index (χ0) is 20.7. The Morgan fingerprint density at radius 2 is 1.64 bits per heavy atom. The van der Waals surface area contributed by atoms with Crippen molar-refractivity contribution in [3.05, 3.63) is 65.5 Å². The lowest BCUT2D eigenvalue weighted by Gasteiger charge is -2.09. The van der Waals surface area contributed by atoms with E-state index in [1.54, 1.807) is 19.1 Å². The molecule has 28 heavy (non-hydrogen) atoms. The molecule has 0 aliphatic heterocycles. The van der Waals surface area contributed by atoms with Gasteiger partial charge in [0.05, 0.1) is 11.9 Å². The van der Waals surface area contributed by atoms with E-state index in [-0.39, 0.29) is 24.0 Å². The normalized spacial score (nSPS) is 11.0. The van der Waals surface area contributed by atoms with Gasteiger partial charge in [-0.25, -0.2) is 18.8 Å². The summed E-state index contributed by atoms with van der Waals surface area (Å²) in [6.07, 6.45) is 1.35. The van der Waals surface area contributed by atoms with Gasteiger partial charge in [0.2, 0.25) is 5.95 Å². The summed E-state index contributed by atoms with van der Waals surface area (Å²) in [5.41, 5.74) is 14.2. The van der Waals surface area contributed by atoms with Crippen molar-refractivity contribution in [2.75, 3.05) is 5.73 Å². The highest BCUT2D eigenvalue weighted by atomic mass is 19.1. The van der Waals surface area contributed by atoms with Crippen LogP contribution in [0.15, 0.2) is 47.6 Å². The molecule has 0 unspecified atom stereocenters. The average Bonchev–Trinajstić information content (AvgIpc) is 2.68. The molecule has 4 N–H and O–H groups in total. The van der Waals surface area contributed by atoms with Crippen molar-refractivity contribution >= 4 is 17.6 Å². The van der Waals surface area contributed by atoms with Crippen molar-refractivity contribution in [2.45, 2.75) is 27.2 Å². The van der Waals surface area contributed by atoms with Gasteiger partial charge >= 0.3 is 0 Å². The first kappa shape index (κ1) is 20.9. The zero-order valence-corrected chi connectivity index (χ0v) is 15.9. The summed E-state index contributed by atoms with van der Waals surface area (Å²) >= 11 is 0. The smallest absolute Gasteiger partial charge is 0.222 e. The van der Waals surface area contributed by atoms with Crippen LogP contribution in [0.3, 0.4) is 0 Å². The lowest BCUT2D eigenvalue weighted by molar-refractivity contribution is 0.620. The molecular formula is C20H22F2N6. The Bertz CT molecular complexity index is 954. The third-order valence-corrected chi connectivity index (χ3v) is 3.66. The molecule has 2 aromatic heterocycles. The number of benzene rings is 1. The quantitative estimate of drug-likeness (QED) is 0.523. The second-order valence-electron chi connectivity index (χ2n) is 5.63. The SMILES string of the molecule is CC.Cc1c(N=C(N)Cc2ccc(F)cn2)nc(N)nc1-c1ccc(F)cc1. The molecule has 0 spiro atoms. The van der Waals surface area contributed by atoms with Crippen molar-refractivity contribution in [1.29, 1.82) is 0 Å². The van der Waals surface area contributed by atoms with E-state index in [0.717, 1.165) is 6.20 Å². The van der Waals surface area contributed by atoms with Crippen LogP contribution in [0.2, 0.25) is 0 Å². The molecule has 2 heterocycles. The van der Waals surface area contributed by atoms with E-state index >= 15 is 0 Å². The van der Waals surface area contributed by atoms with Gasteiger partial charge in [0.25, 0.3) is 0 Å². The summed E-state index contributed by atoms with van der Waals surface area (Å²) in [6.45, 7) is 5.78. The molecule has 0 aliphatic carbocycles. The zero-order valence-electron chi connectivity index (χ0n) is 15.9. The molecular weight excluding hydrogens is 362 g/mol. The van der Waals surface area contributed by atoms with E-state index in [4.69, 9.17) is 11.5 Å². The fraction of sp³-hybridized carbons (Fsp3) is 0.200. The molecule has 146 valence electrons. The highest BCUT2D eigenvalue weighted by Gasteiger charge is 2.12. The van der Waals surface area contributed by atoms with Gasteiger partial charge in [-0.15, -0.1) is 0 Å². The maximum Gasteiger partial charge on any atom is 0.222 e. The topological polar surface area (TPSA) is 103 Å². The number of halogens is 2. The van der Waals surface area contributed by atoms with E-state index < -0.39 is 5.82 Å². The van der Waals surface area contributed by atoms with Crippen LogP contribution in [0.1, 0.15) is 25.1 Å². The number of anilines is 1. The highest BCUT2D eigenvalue weighted by Crippen LogP contribution is 2.28. The van der Waals surface area contributed by atoms with Crippen molar-refractivity contribution in [2.24, 2.45) is 10.7 Å². The Kier molecular flexibility index (Phi) is 7.08. The van der Waals surface area contributed by atoms with Crippen LogP contribution in [-0.4, -0.2) is 20.8 Å². The van der Waals surface area contributed by atoms with Gasteiger partial charge in [0.15, 0.2) is 5.82 Å². The molecule has 0 atom stereocenters. The lowest BCUT2D eigenvalue weighted by atomic mass is 10.1. The summed E-state index contributed by atoms with van der Waals surface area (Å²) in [5, 5.41) is 0. The molecule has 3 rings (SSSR count). The Morgan fingerprint density at radius 3 is 2.25 bits per heavy atom. The molecule has 0 fully saturated rings. The number of rotatable bonds is 4. The van der Waals surface area contributed by atoms with Crippen molar-refractivity contribution in [1.82, 2.24) is 15.0 Å². The minimum Gasteiger partial charge on any atom is -0.387 e. The maximum absolute atomic E-state index is 13.1. The predicted octanol–water partition coefficient (Wildman–Crippen LogP) is 3.97. The van der Waals surface area contributed by atoms with Crippen molar-refractivity contribution in [3.8, 4) is 11.3 Å². The number of nitrogens with zero attached hydrogens (tertiary/aromatic N) is 4. The molecule has 0 saturated heterocycles. The van der Waals surface area contributed by atoms with Gasteiger partial charge in [-0.2, -0.15) is 4.98 Å². The molecule has 3 aromatic rings. The van der Waals surface area contributed by atoms with E-state index in [0.29, 0.717) is 28.3 Å². The van der Waals surface area contributed by atoms with Crippen LogP contribution in [-0.2, 0) is 6.42 Å². The summed E-state index contributed by atoms with van der Waals surface area (Å²) in [4.78, 5) is 16.6. The second-order valence-corrected chi connectivity index (χ2v) is 5.63. The lowest BCUT2D eigenvalue weighted by Crippen LogP contribution is -2.16. The van der Waals surface area contributed by atoms with Crippen LogP contribution < -0.4 is 11.5 Å². The Hall–Kier alpha value is -3.42. The van der Waals surface area contributed by atoms with E-state index in [1.165, 1.54) is 24.3 Å². The number of hydrogen-bond donors (Lipinski definition) is 2. The van der Waals surface area contributed by atoms with Crippen LogP contribution in [0, 0.1) is 18.6 Å². The number of nitrogen functional groups attached to an aromatic ring is 1. The standard InChI is InChI=1S/C18H16F2N6.C2H6/c1-10-16(11-2-4-12(19)5-3-11)25-18(22)26-17(10)24-15(21)8-14-7-6-13(20)9-23-14;1-2/h2-7,9H,8H2,1H3,(H4,21,22,24,25,26);1-2H3. The third-order valence-electron chi connectivity index (χ3n) is 3.66. The van der Waals surface area contributed by atoms with E-state index in [1.807, 2.05) is 13.8 Å². The Balaban J connectivity index is 0.00000136. The van der Waals surface area contributed by atoms with Crippen LogP contribution in [0.5, 0.6) is 0 Å². The molecule has 0 bridgehead atoms. The van der Waals surface area contributed by atoms with E-state index in [2.05, 4.69) is 19.9 Å². The molecule has 0 saturated carbocycles. The largest absolute Gasteiger partial charge is 0.387 e. The number of aliphatic imine (C=N–C) groups is 1. The van der Waals surface area contributed by atoms with Gasteiger partial charge in [-0.3, -0.25) is 4.98 Å². The number of amidine groups is 1. The molecule has 0 radical (unpaired) electrons. The second kappa shape index (κ2) is 9.50. The molecule has 0 amide bonds. The highest BCUT2D eigenvalue weighted by molar-refractivity contribution is 5.85. The first-order valence-corrected chi connectivity index (χ1v) is 8.76. The summed E-state index contributed by atoms with van der Waals surface area (Å²) in [7, 11) is 0. The molecule has 8 heteroatoms. The first-order chi connectivity index (χ1) is 13.4. The number of aromatic nitrogens is 3. The minimum atomic E-state index is -0.424. The third kappa shape index (κ3) is 5.29. The first-order valence-electron chi connectivity index (χ1n) is 8.76. The summed E-state index contributed by atoms with van der Waals surface area (Å²) in [6, 6.07) is 8.71. The van der Waals surface area contributed by atoms with Gasteiger partial charge in [0.1, 0.15) is 17.5 Å². The number of nitrogens with two attached hydrogens (primary N) is 2. The molecule has 1 aromatic carbocycles. The minimum absolute atomic E-state index is 0.0291. The van der Waals surface area contributed by atoms with E-state index in [9.17, 15) is 8.78 Å². The van der Waals surface area contributed by atoms with Crippen LogP contribution in [0.25, 0.3) is 11.3 Å². The monoisotopic (exact) mass is 384 g/mol. The Labute approximate surface area is 162 Å². The van der Waals surface area contributed by atoms with Crippen molar-refractivity contribution in [3.63, 3.8) is 0 Å². The summed E-state index contributed by atoms with van der Waals surface area (Å²) in [5.74, 6) is -0.177. The van der Waals surface area contributed by atoms with Crippen molar-refractivity contribution < 1.29 is 8.78 Å². The maximum atomic E-state index is 13.1. The van der Waals surface area contributed by atoms with Gasteiger partial charge in [-0.1, -0.05) is 13.8 Å². The number of pyridine rings is 1. The fourth-order valence-corrected chi connectivity index (χ4v) is 2.39. The van der Waals surface area contributed by atoms with Crippen LogP contribution in [0.4, 0.5) is 20.5 Å². The molecule has 6 nitrogen and oxygen atoms in total. The number of hydrogen-bond acceptors (Lipinski definition) is 5. The molecule has 0 aliphatic rings. The Morgan fingerprint density at radius 1 is 1.00 bits per heavy atom.